The highest BCUT2D eigenvalue weighted by Crippen LogP contribution is 2.40. The quantitative estimate of drug-likeness (QED) is 0.165. The fraction of sp³-hybridized carbons (Fsp3) is 0.485. The molecule has 1 atom stereocenters. The van der Waals surface area contributed by atoms with E-state index in [1.807, 2.05) is 37.3 Å². The number of anilines is 1. The molecule has 4 rings (SSSR count). The number of aryl methyl sites for hydroxylation is 1. The van der Waals surface area contributed by atoms with Crippen molar-refractivity contribution in [3.8, 4) is 11.6 Å². The predicted octanol–water partition coefficient (Wildman–Crippen LogP) is 5.10. The van der Waals surface area contributed by atoms with Gasteiger partial charge in [0, 0.05) is 25.6 Å². The second-order valence-corrected chi connectivity index (χ2v) is 13.8. The molecule has 1 aliphatic heterocycles. The fourth-order valence-electron chi connectivity index (χ4n) is 4.79. The first-order valence-corrected chi connectivity index (χ1v) is 16.6. The van der Waals surface area contributed by atoms with E-state index in [1.54, 1.807) is 39.0 Å². The summed E-state index contributed by atoms with van der Waals surface area (Å²) in [6.45, 7) is 10.2. The van der Waals surface area contributed by atoms with E-state index in [2.05, 4.69) is 5.10 Å². The van der Waals surface area contributed by atoms with E-state index in [0.717, 1.165) is 5.56 Å². The van der Waals surface area contributed by atoms with Gasteiger partial charge in [-0.15, -0.1) is 5.10 Å². The number of fused-ring (bicyclic) bond motifs is 1. The van der Waals surface area contributed by atoms with Crippen molar-refractivity contribution in [1.82, 2.24) is 9.78 Å². The Morgan fingerprint density at radius 2 is 1.82 bits per heavy atom. The Kier molecular flexibility index (Phi) is 11.3. The fourth-order valence-corrected chi connectivity index (χ4v) is 6.37. The van der Waals surface area contributed by atoms with Crippen molar-refractivity contribution in [1.29, 1.82) is 0 Å². The molecule has 0 spiro atoms. The van der Waals surface area contributed by atoms with Gasteiger partial charge in [0.25, 0.3) is 15.9 Å². The number of hydrogen-bond acceptors (Lipinski definition) is 9. The van der Waals surface area contributed by atoms with Gasteiger partial charge >= 0.3 is 5.97 Å². The summed E-state index contributed by atoms with van der Waals surface area (Å²) < 4.78 is 54.7. The first-order chi connectivity index (χ1) is 21.4. The van der Waals surface area contributed by atoms with Gasteiger partial charge in [-0.1, -0.05) is 36.4 Å². The van der Waals surface area contributed by atoms with Gasteiger partial charge in [0.1, 0.15) is 23.2 Å². The van der Waals surface area contributed by atoms with Gasteiger partial charge in [-0.2, -0.15) is 0 Å². The van der Waals surface area contributed by atoms with Crippen LogP contribution in [0.2, 0.25) is 0 Å². The van der Waals surface area contributed by atoms with Crippen molar-refractivity contribution >= 4 is 27.5 Å². The molecule has 244 valence electrons. The van der Waals surface area contributed by atoms with Gasteiger partial charge in [-0.3, -0.25) is 13.8 Å². The number of carbonyl (C=O) groups is 2. The molecule has 0 amide bonds. The van der Waals surface area contributed by atoms with Crippen molar-refractivity contribution in [2.75, 3.05) is 24.1 Å². The molecule has 0 unspecified atom stereocenters. The second-order valence-electron chi connectivity index (χ2n) is 12.0. The number of sulfonamides is 1. The third kappa shape index (κ3) is 9.54. The third-order valence-corrected chi connectivity index (χ3v) is 8.68. The van der Waals surface area contributed by atoms with E-state index >= 15 is 0 Å². The number of nitrogens with zero attached hydrogens (tertiary/aromatic N) is 3. The number of ketones is 1. The van der Waals surface area contributed by atoms with E-state index in [1.165, 1.54) is 22.1 Å². The minimum absolute atomic E-state index is 0.00172. The van der Waals surface area contributed by atoms with E-state index in [0.29, 0.717) is 49.6 Å². The number of carbonyl (C=O) groups excluding carboxylic acids is 2. The van der Waals surface area contributed by atoms with Crippen LogP contribution in [0.4, 0.5) is 5.69 Å². The van der Waals surface area contributed by atoms with Gasteiger partial charge in [-0.25, -0.2) is 8.42 Å². The number of Topliss-reactive ketones (excluding diaryl/α,β-unsaturated/α-hetero) is 1. The normalized spacial score (nSPS) is 14.9. The van der Waals surface area contributed by atoms with E-state index in [4.69, 9.17) is 18.9 Å². The minimum Gasteiger partial charge on any atom is -0.486 e. The van der Waals surface area contributed by atoms with Gasteiger partial charge in [-0.05, 0) is 64.3 Å². The lowest BCUT2D eigenvalue weighted by Crippen LogP contribution is -2.43. The van der Waals surface area contributed by atoms with Gasteiger partial charge in [0.15, 0.2) is 4.90 Å². The Bertz CT molecular complexity index is 1560. The van der Waals surface area contributed by atoms with Crippen molar-refractivity contribution in [3.63, 3.8) is 0 Å². The summed E-state index contributed by atoms with van der Waals surface area (Å²) in [6.07, 6.45) is 1.99. The van der Waals surface area contributed by atoms with Crippen molar-refractivity contribution in [3.05, 3.63) is 65.9 Å². The maximum atomic E-state index is 14.4. The van der Waals surface area contributed by atoms with Crippen molar-refractivity contribution in [2.24, 2.45) is 0 Å². The molecule has 2 aromatic carbocycles. The molecule has 12 heteroatoms. The highest BCUT2D eigenvalue weighted by atomic mass is 32.2. The topological polar surface area (TPSA) is 126 Å². The summed E-state index contributed by atoms with van der Waals surface area (Å²) >= 11 is 0. The molecular formula is C33H43N3O8S. The Morgan fingerprint density at radius 3 is 2.51 bits per heavy atom. The largest absolute Gasteiger partial charge is 0.486 e. The average molecular weight is 642 g/mol. The average Bonchev–Trinajstić information content (AvgIpc) is 3.41. The number of benzene rings is 2. The molecule has 1 aliphatic rings. The third-order valence-electron chi connectivity index (χ3n) is 6.91. The molecular weight excluding hydrogens is 598 g/mol. The molecule has 2 heterocycles. The van der Waals surface area contributed by atoms with Gasteiger partial charge in [0.05, 0.1) is 38.5 Å². The number of aromatic nitrogens is 2. The minimum atomic E-state index is -4.21. The zero-order valence-corrected chi connectivity index (χ0v) is 27.5. The van der Waals surface area contributed by atoms with Crippen LogP contribution < -0.4 is 13.8 Å². The summed E-state index contributed by atoms with van der Waals surface area (Å²) in [6, 6.07) is 14.8. The van der Waals surface area contributed by atoms with Crippen LogP contribution in [0.5, 0.6) is 11.6 Å². The van der Waals surface area contributed by atoms with Crippen LogP contribution in [0.15, 0.2) is 59.6 Å². The highest BCUT2D eigenvalue weighted by Gasteiger charge is 2.38. The first kappa shape index (κ1) is 34.0. The van der Waals surface area contributed by atoms with Crippen molar-refractivity contribution in [2.45, 2.75) is 90.1 Å². The molecule has 11 nitrogen and oxygen atoms in total. The second kappa shape index (κ2) is 14.9. The van der Waals surface area contributed by atoms with E-state index in [9.17, 15) is 18.0 Å². The lowest BCUT2D eigenvalue weighted by Gasteiger charge is -2.35. The molecule has 0 bridgehead atoms. The summed E-state index contributed by atoms with van der Waals surface area (Å²) in [5, 5.41) is 4.39. The van der Waals surface area contributed by atoms with Crippen LogP contribution >= 0.6 is 0 Å². The number of hydrogen-bond donors (Lipinski definition) is 0. The maximum Gasteiger partial charge on any atom is 0.310 e. The number of ether oxygens (including phenoxy) is 4. The molecule has 3 aromatic rings. The lowest BCUT2D eigenvalue weighted by atomic mass is 10.1. The monoisotopic (exact) mass is 641 g/mol. The van der Waals surface area contributed by atoms with Crippen LogP contribution in [-0.4, -0.2) is 61.4 Å². The van der Waals surface area contributed by atoms with E-state index in [-0.39, 0.29) is 42.6 Å². The molecule has 0 N–H and O–H groups in total. The zero-order chi connectivity index (χ0) is 32.6. The lowest BCUT2D eigenvalue weighted by molar-refractivity contribution is -0.153. The Labute approximate surface area is 265 Å². The SMILES string of the molecule is CCn1cc(S(=O)(=O)N2C[C@H](CCC(C)=O)Oc3ccc(CC(=O)OC(C)(C)C)cc32)c(OCCCOCc2ccccc2)n1. The summed E-state index contributed by atoms with van der Waals surface area (Å²) in [7, 11) is -4.21. The Balaban J connectivity index is 1.56. The highest BCUT2D eigenvalue weighted by molar-refractivity contribution is 7.93. The summed E-state index contributed by atoms with van der Waals surface area (Å²) in [5.74, 6) is -0.106. The molecule has 0 radical (unpaired) electrons. The molecule has 0 fully saturated rings. The maximum absolute atomic E-state index is 14.4. The molecule has 0 saturated heterocycles. The molecule has 45 heavy (non-hydrogen) atoms. The van der Waals surface area contributed by atoms with Gasteiger partial charge in [0.2, 0.25) is 0 Å². The van der Waals surface area contributed by atoms with Crippen LogP contribution in [0.25, 0.3) is 0 Å². The van der Waals surface area contributed by atoms with Crippen LogP contribution in [0.1, 0.15) is 65.0 Å². The Hall–Kier alpha value is -3.90. The zero-order valence-electron chi connectivity index (χ0n) is 26.7. The smallest absolute Gasteiger partial charge is 0.310 e. The number of rotatable bonds is 15. The van der Waals surface area contributed by atoms with E-state index < -0.39 is 27.7 Å². The van der Waals surface area contributed by atoms with Crippen LogP contribution in [0.3, 0.4) is 0 Å². The molecule has 0 aliphatic carbocycles. The summed E-state index contributed by atoms with van der Waals surface area (Å²) in [4.78, 5) is 24.2. The molecule has 1 aromatic heterocycles. The molecule has 0 saturated carbocycles. The number of esters is 1. The van der Waals surface area contributed by atoms with Crippen molar-refractivity contribution < 1.29 is 37.0 Å². The van der Waals surface area contributed by atoms with Crippen LogP contribution in [0, 0.1) is 0 Å². The van der Waals surface area contributed by atoms with Crippen LogP contribution in [-0.2, 0) is 48.7 Å². The summed E-state index contributed by atoms with van der Waals surface area (Å²) in [5.41, 5.74) is 1.28. The predicted molar refractivity (Wildman–Crippen MR) is 169 cm³/mol. The first-order valence-electron chi connectivity index (χ1n) is 15.2. The Morgan fingerprint density at radius 1 is 1.07 bits per heavy atom. The van der Waals surface area contributed by atoms with Gasteiger partial charge < -0.3 is 23.7 Å². The standard InChI is InChI=1S/C33H43N3O8S/c1-6-35-22-30(32(34-35)42-18-10-17-41-23-25-11-8-7-9-12-25)45(39,40)36-21-27(15-13-24(2)37)43-29-16-14-26(19-28(29)36)20-31(38)44-33(3,4)5/h7-9,11-12,14,16,19,22,27H,6,10,13,15,17-18,20-21,23H2,1-5H3/t27-/m0/s1.